The maximum atomic E-state index is 11.3. The van der Waals surface area contributed by atoms with Crippen LogP contribution in [-0.4, -0.2) is 19.2 Å². The summed E-state index contributed by atoms with van der Waals surface area (Å²) in [6.45, 7) is 7.00. The Morgan fingerprint density at radius 2 is 2.00 bits per heavy atom. The van der Waals surface area contributed by atoms with Crippen LogP contribution in [0.4, 0.5) is 16.2 Å². The lowest BCUT2D eigenvalue weighted by atomic mass is 9.70. The summed E-state index contributed by atoms with van der Waals surface area (Å²) >= 11 is 0. The van der Waals surface area contributed by atoms with Crippen LogP contribution >= 0.6 is 0 Å². The highest BCUT2D eigenvalue weighted by Gasteiger charge is 2.31. The summed E-state index contributed by atoms with van der Waals surface area (Å²) in [6.07, 6.45) is 3.21. The number of amides is 1. The van der Waals surface area contributed by atoms with Crippen LogP contribution in [0.25, 0.3) is 0 Å². The largest absolute Gasteiger partial charge is 0.453 e. The van der Waals surface area contributed by atoms with Crippen LogP contribution in [0.1, 0.15) is 40.0 Å². The van der Waals surface area contributed by atoms with E-state index >= 15 is 0 Å². The Morgan fingerprint density at radius 1 is 1.29 bits per heavy atom. The zero-order valence-electron chi connectivity index (χ0n) is 13.4. The summed E-state index contributed by atoms with van der Waals surface area (Å²) in [6, 6.07) is 8.26. The Labute approximate surface area is 127 Å². The number of carbonyl (C=O) groups is 1. The van der Waals surface area contributed by atoms with Gasteiger partial charge < -0.3 is 10.1 Å². The Kier molecular flexibility index (Phi) is 4.76. The van der Waals surface area contributed by atoms with Crippen molar-refractivity contribution in [3.05, 3.63) is 24.3 Å². The summed E-state index contributed by atoms with van der Waals surface area (Å²) < 4.78 is 4.61. The van der Waals surface area contributed by atoms with Crippen molar-refractivity contribution in [2.24, 2.45) is 11.3 Å². The summed E-state index contributed by atoms with van der Waals surface area (Å²) in [5, 5.41) is 6.30. The lowest BCUT2D eigenvalue weighted by Gasteiger charge is -2.39. The lowest BCUT2D eigenvalue weighted by molar-refractivity contribution is 0.178. The van der Waals surface area contributed by atoms with Gasteiger partial charge in [-0.25, -0.2) is 4.79 Å². The maximum absolute atomic E-state index is 11.3. The van der Waals surface area contributed by atoms with Gasteiger partial charge in [0.05, 0.1) is 7.11 Å². The number of rotatable bonds is 3. The molecule has 0 heterocycles. The van der Waals surface area contributed by atoms with E-state index in [1.807, 2.05) is 24.3 Å². The molecule has 116 valence electrons. The van der Waals surface area contributed by atoms with Crippen molar-refractivity contribution in [3.8, 4) is 0 Å². The molecule has 21 heavy (non-hydrogen) atoms. The topological polar surface area (TPSA) is 50.4 Å². The highest BCUT2D eigenvalue weighted by Crippen LogP contribution is 2.39. The molecular formula is C17H26N2O2. The lowest BCUT2D eigenvalue weighted by Crippen LogP contribution is -2.35. The van der Waals surface area contributed by atoms with Crippen LogP contribution < -0.4 is 10.6 Å². The van der Waals surface area contributed by atoms with E-state index < -0.39 is 6.09 Å². The van der Waals surface area contributed by atoms with Crippen molar-refractivity contribution in [1.29, 1.82) is 0 Å². The first-order chi connectivity index (χ1) is 9.88. The molecule has 0 saturated heterocycles. The van der Waals surface area contributed by atoms with Crippen LogP contribution in [0.2, 0.25) is 0 Å². The molecule has 0 spiro atoms. The van der Waals surface area contributed by atoms with E-state index in [1.54, 1.807) is 0 Å². The van der Waals surface area contributed by atoms with Gasteiger partial charge >= 0.3 is 6.09 Å². The zero-order valence-corrected chi connectivity index (χ0v) is 13.4. The SMILES string of the molecule is COC(=O)Nc1cccc(NC2CC(C)CC(C)(C)C2)c1. The third-order valence-corrected chi connectivity index (χ3v) is 4.05. The smallest absolute Gasteiger partial charge is 0.411 e. The predicted octanol–water partition coefficient (Wildman–Crippen LogP) is 4.49. The number of hydrogen-bond acceptors (Lipinski definition) is 3. The minimum Gasteiger partial charge on any atom is -0.453 e. The average Bonchev–Trinajstić information content (AvgIpc) is 2.36. The second kappa shape index (κ2) is 6.37. The first-order valence-corrected chi connectivity index (χ1v) is 7.59. The molecule has 1 aromatic carbocycles. The van der Waals surface area contributed by atoms with Crippen molar-refractivity contribution in [1.82, 2.24) is 0 Å². The van der Waals surface area contributed by atoms with Crippen LogP contribution in [0.3, 0.4) is 0 Å². The van der Waals surface area contributed by atoms with Gasteiger partial charge in [0, 0.05) is 17.4 Å². The first-order valence-electron chi connectivity index (χ1n) is 7.59. The highest BCUT2D eigenvalue weighted by atomic mass is 16.5. The fourth-order valence-corrected chi connectivity index (χ4v) is 3.55. The highest BCUT2D eigenvalue weighted by molar-refractivity contribution is 5.85. The van der Waals surface area contributed by atoms with Crippen molar-refractivity contribution in [2.45, 2.75) is 46.1 Å². The van der Waals surface area contributed by atoms with Crippen molar-refractivity contribution in [3.63, 3.8) is 0 Å². The Bertz CT molecular complexity index is 499. The summed E-state index contributed by atoms with van der Waals surface area (Å²) in [5.41, 5.74) is 2.17. The van der Waals surface area contributed by atoms with Gasteiger partial charge in [0.2, 0.25) is 0 Å². The molecule has 1 saturated carbocycles. The second-order valence-electron chi connectivity index (χ2n) is 6.95. The molecule has 2 unspecified atom stereocenters. The molecule has 4 nitrogen and oxygen atoms in total. The quantitative estimate of drug-likeness (QED) is 0.862. The molecule has 4 heteroatoms. The van der Waals surface area contributed by atoms with Gasteiger partial charge in [-0.1, -0.05) is 26.8 Å². The molecule has 1 aromatic rings. The van der Waals surface area contributed by atoms with E-state index in [2.05, 4.69) is 36.1 Å². The van der Waals surface area contributed by atoms with Crippen molar-refractivity contribution < 1.29 is 9.53 Å². The van der Waals surface area contributed by atoms with Gasteiger partial charge in [0.1, 0.15) is 0 Å². The predicted molar refractivity (Wildman–Crippen MR) is 86.7 cm³/mol. The molecule has 1 fully saturated rings. The van der Waals surface area contributed by atoms with Crippen molar-refractivity contribution >= 4 is 17.5 Å². The molecule has 0 aromatic heterocycles. The number of anilines is 2. The van der Waals surface area contributed by atoms with E-state index in [4.69, 9.17) is 0 Å². The minimum absolute atomic E-state index is 0.386. The van der Waals surface area contributed by atoms with Crippen LogP contribution in [0.15, 0.2) is 24.3 Å². The number of benzene rings is 1. The van der Waals surface area contributed by atoms with E-state index in [0.717, 1.165) is 17.3 Å². The van der Waals surface area contributed by atoms with Crippen LogP contribution in [0, 0.1) is 11.3 Å². The molecule has 2 atom stereocenters. The van der Waals surface area contributed by atoms with Crippen LogP contribution in [-0.2, 0) is 4.74 Å². The molecule has 1 amide bonds. The molecule has 0 aliphatic heterocycles. The van der Waals surface area contributed by atoms with Crippen LogP contribution in [0.5, 0.6) is 0 Å². The Hall–Kier alpha value is -1.71. The van der Waals surface area contributed by atoms with Gasteiger partial charge in [-0.05, 0) is 48.8 Å². The normalized spacial score (nSPS) is 24.2. The number of hydrogen-bond donors (Lipinski definition) is 2. The number of nitrogens with one attached hydrogen (secondary N) is 2. The van der Waals surface area contributed by atoms with Gasteiger partial charge in [0.25, 0.3) is 0 Å². The molecule has 2 N–H and O–H groups in total. The molecule has 1 aliphatic rings. The van der Waals surface area contributed by atoms with Crippen molar-refractivity contribution in [2.75, 3.05) is 17.7 Å². The van der Waals surface area contributed by atoms with Gasteiger partial charge in [0.15, 0.2) is 0 Å². The zero-order chi connectivity index (χ0) is 15.5. The molecular weight excluding hydrogens is 264 g/mol. The Morgan fingerprint density at radius 3 is 2.67 bits per heavy atom. The minimum atomic E-state index is -0.445. The average molecular weight is 290 g/mol. The van der Waals surface area contributed by atoms with Gasteiger partial charge in [-0.15, -0.1) is 0 Å². The van der Waals surface area contributed by atoms with Gasteiger partial charge in [-0.3, -0.25) is 5.32 Å². The second-order valence-corrected chi connectivity index (χ2v) is 6.95. The summed E-state index contributed by atoms with van der Waals surface area (Å²) in [5.74, 6) is 0.739. The number of methoxy groups -OCH3 is 1. The molecule has 1 aliphatic carbocycles. The van der Waals surface area contributed by atoms with E-state index in [-0.39, 0.29) is 0 Å². The Balaban J connectivity index is 2.02. The number of ether oxygens (including phenoxy) is 1. The standard InChI is InChI=1S/C17H26N2O2/c1-12-8-15(11-17(2,3)10-12)18-13-6-5-7-14(9-13)19-16(20)21-4/h5-7,9,12,15,18H,8,10-11H2,1-4H3,(H,19,20). The van der Waals surface area contributed by atoms with E-state index in [1.165, 1.54) is 26.4 Å². The third-order valence-electron chi connectivity index (χ3n) is 4.05. The van der Waals surface area contributed by atoms with E-state index in [0.29, 0.717) is 11.5 Å². The summed E-state index contributed by atoms with van der Waals surface area (Å²) in [4.78, 5) is 11.3. The monoisotopic (exact) mass is 290 g/mol. The fraction of sp³-hybridized carbons (Fsp3) is 0.588. The van der Waals surface area contributed by atoms with Gasteiger partial charge in [-0.2, -0.15) is 0 Å². The molecule has 2 rings (SSSR count). The fourth-order valence-electron chi connectivity index (χ4n) is 3.55. The third kappa shape index (κ3) is 4.66. The first kappa shape index (κ1) is 15.7. The van der Waals surface area contributed by atoms with E-state index in [9.17, 15) is 4.79 Å². The summed E-state index contributed by atoms with van der Waals surface area (Å²) in [7, 11) is 1.36. The molecule has 0 radical (unpaired) electrons. The number of carbonyl (C=O) groups excluding carboxylic acids is 1. The maximum Gasteiger partial charge on any atom is 0.411 e. The molecule has 0 bridgehead atoms.